The zero-order chi connectivity index (χ0) is 19.8. The number of hydrogen-bond donors (Lipinski definition) is 1. The fourth-order valence-corrected chi connectivity index (χ4v) is 3.74. The number of carbonyl (C=O) groups excluding carboxylic acids is 1. The van der Waals surface area contributed by atoms with E-state index in [0.717, 1.165) is 32.0 Å². The molecule has 0 fully saturated rings. The van der Waals surface area contributed by atoms with Crippen molar-refractivity contribution in [2.75, 3.05) is 19.4 Å². The van der Waals surface area contributed by atoms with Gasteiger partial charge in [0, 0.05) is 30.7 Å². The average Bonchev–Trinajstić information content (AvgIpc) is 2.97. The van der Waals surface area contributed by atoms with Crippen molar-refractivity contribution in [2.24, 2.45) is 0 Å². The molecular formula is C20H22N2O4S. The van der Waals surface area contributed by atoms with Crippen LogP contribution in [0.2, 0.25) is 0 Å². The third-order valence-corrected chi connectivity index (χ3v) is 6.33. The second-order valence-corrected chi connectivity index (χ2v) is 8.89. The minimum Gasteiger partial charge on any atom is -0.464 e. The van der Waals surface area contributed by atoms with Crippen molar-refractivity contribution in [3.05, 3.63) is 59.4 Å². The Morgan fingerprint density at radius 1 is 1.11 bits per heavy atom. The van der Waals surface area contributed by atoms with Gasteiger partial charge in [0.05, 0.1) is 17.6 Å². The second-order valence-electron chi connectivity index (χ2n) is 6.73. The number of hydrogen-bond acceptors (Lipinski definition) is 4. The Kier molecular flexibility index (Phi) is 5.08. The van der Waals surface area contributed by atoms with Crippen LogP contribution in [-0.2, 0) is 21.2 Å². The van der Waals surface area contributed by atoms with E-state index in [1.165, 1.54) is 26.2 Å². The van der Waals surface area contributed by atoms with Gasteiger partial charge < -0.3 is 9.73 Å². The van der Waals surface area contributed by atoms with Crippen molar-refractivity contribution in [3.63, 3.8) is 0 Å². The molecule has 0 saturated heterocycles. The first-order chi connectivity index (χ1) is 12.7. The number of benzene rings is 2. The summed E-state index contributed by atoms with van der Waals surface area (Å²) in [6.07, 6.45) is 1.73. The van der Waals surface area contributed by atoms with E-state index < -0.39 is 10.0 Å². The largest absolute Gasteiger partial charge is 0.464 e. The van der Waals surface area contributed by atoms with Gasteiger partial charge in [-0.05, 0) is 55.3 Å². The number of amides is 1. The highest BCUT2D eigenvalue weighted by Crippen LogP contribution is 2.25. The second kappa shape index (κ2) is 7.17. The molecule has 3 rings (SSSR count). The number of sulfonamides is 1. The molecule has 0 saturated carbocycles. The third-order valence-electron chi connectivity index (χ3n) is 4.52. The molecule has 0 aliphatic carbocycles. The van der Waals surface area contributed by atoms with Gasteiger partial charge in [0.15, 0.2) is 0 Å². The molecule has 7 heteroatoms. The molecule has 1 aromatic heterocycles. The summed E-state index contributed by atoms with van der Waals surface area (Å²) in [6, 6.07) is 10.2. The van der Waals surface area contributed by atoms with Crippen molar-refractivity contribution >= 4 is 32.6 Å². The summed E-state index contributed by atoms with van der Waals surface area (Å²) in [5.41, 5.74) is 4.24. The van der Waals surface area contributed by atoms with Crippen LogP contribution in [0.4, 0.5) is 5.69 Å². The first-order valence-corrected chi connectivity index (χ1v) is 9.92. The van der Waals surface area contributed by atoms with Gasteiger partial charge in [-0.3, -0.25) is 4.79 Å². The quantitative estimate of drug-likeness (QED) is 0.728. The van der Waals surface area contributed by atoms with Crippen molar-refractivity contribution in [1.29, 1.82) is 0 Å². The fourth-order valence-electron chi connectivity index (χ4n) is 2.80. The number of fused-ring (bicyclic) bond motifs is 1. The average molecular weight is 386 g/mol. The summed E-state index contributed by atoms with van der Waals surface area (Å²) in [6.45, 7) is 4.03. The molecular weight excluding hydrogens is 364 g/mol. The topological polar surface area (TPSA) is 79.6 Å². The number of nitrogens with zero attached hydrogens (tertiary/aromatic N) is 1. The molecule has 6 nitrogen and oxygen atoms in total. The molecule has 0 unspecified atom stereocenters. The van der Waals surface area contributed by atoms with Gasteiger partial charge in [0.25, 0.3) is 0 Å². The Morgan fingerprint density at radius 3 is 2.52 bits per heavy atom. The van der Waals surface area contributed by atoms with Crippen molar-refractivity contribution in [1.82, 2.24) is 4.31 Å². The fraction of sp³-hybridized carbons (Fsp3) is 0.250. The van der Waals surface area contributed by atoms with E-state index in [9.17, 15) is 13.2 Å². The van der Waals surface area contributed by atoms with E-state index in [4.69, 9.17) is 4.42 Å². The lowest BCUT2D eigenvalue weighted by molar-refractivity contribution is -0.115. The van der Waals surface area contributed by atoms with Crippen LogP contribution in [-0.4, -0.2) is 32.7 Å². The van der Waals surface area contributed by atoms with E-state index in [-0.39, 0.29) is 17.2 Å². The molecule has 1 heterocycles. The first-order valence-electron chi connectivity index (χ1n) is 8.48. The predicted molar refractivity (Wildman–Crippen MR) is 105 cm³/mol. The molecule has 0 atom stereocenters. The summed E-state index contributed by atoms with van der Waals surface area (Å²) < 4.78 is 31.2. The third kappa shape index (κ3) is 3.89. The van der Waals surface area contributed by atoms with Crippen LogP contribution < -0.4 is 5.32 Å². The lowest BCUT2D eigenvalue weighted by Crippen LogP contribution is -2.22. The smallest absolute Gasteiger partial charge is 0.242 e. The van der Waals surface area contributed by atoms with E-state index in [1.807, 2.05) is 26.0 Å². The lowest BCUT2D eigenvalue weighted by Gasteiger charge is -2.12. The van der Waals surface area contributed by atoms with Gasteiger partial charge in [0.2, 0.25) is 15.9 Å². The van der Waals surface area contributed by atoms with Gasteiger partial charge in [-0.25, -0.2) is 12.7 Å². The van der Waals surface area contributed by atoms with Gasteiger partial charge in [-0.1, -0.05) is 6.07 Å². The summed E-state index contributed by atoms with van der Waals surface area (Å²) in [5.74, 6) is -0.240. The van der Waals surface area contributed by atoms with Crippen LogP contribution in [0.1, 0.15) is 16.7 Å². The minimum atomic E-state index is -3.56. The normalized spacial score (nSPS) is 11.9. The lowest BCUT2D eigenvalue weighted by atomic mass is 10.0. The number of anilines is 1. The van der Waals surface area contributed by atoms with Crippen LogP contribution in [0.25, 0.3) is 11.0 Å². The molecule has 142 valence electrons. The highest BCUT2D eigenvalue weighted by Gasteiger charge is 2.18. The van der Waals surface area contributed by atoms with Crippen molar-refractivity contribution in [2.45, 2.75) is 25.2 Å². The molecule has 1 amide bonds. The van der Waals surface area contributed by atoms with Gasteiger partial charge >= 0.3 is 0 Å². The summed E-state index contributed by atoms with van der Waals surface area (Å²) >= 11 is 0. The van der Waals surface area contributed by atoms with Gasteiger partial charge in [-0.15, -0.1) is 0 Å². The number of rotatable bonds is 5. The molecule has 0 radical (unpaired) electrons. The van der Waals surface area contributed by atoms with Crippen molar-refractivity contribution < 1.29 is 17.6 Å². The standard InChI is InChI=1S/C20H22N2O4S/c1-13-8-18-15(12-26-19(18)9-14(13)2)10-20(23)21-16-6-5-7-17(11-16)27(24,25)22(3)4/h5-9,11-12H,10H2,1-4H3,(H,21,23). The SMILES string of the molecule is Cc1cc2occ(CC(=O)Nc3cccc(S(=O)(=O)N(C)C)c3)c2cc1C. The molecule has 3 aromatic rings. The van der Waals surface area contributed by atoms with Crippen LogP contribution in [0, 0.1) is 13.8 Å². The van der Waals surface area contributed by atoms with E-state index in [0.29, 0.717) is 5.69 Å². The Labute approximate surface area is 158 Å². The Hall–Kier alpha value is -2.64. The van der Waals surface area contributed by atoms with Gasteiger partial charge in [0.1, 0.15) is 5.58 Å². The van der Waals surface area contributed by atoms with Crippen LogP contribution in [0.15, 0.2) is 52.0 Å². The molecule has 0 spiro atoms. The maximum absolute atomic E-state index is 12.5. The van der Waals surface area contributed by atoms with E-state index in [1.54, 1.807) is 18.4 Å². The first kappa shape index (κ1) is 19.1. The predicted octanol–water partition coefficient (Wildman–Crippen LogP) is 3.48. The summed E-state index contributed by atoms with van der Waals surface area (Å²) in [4.78, 5) is 12.6. The Balaban J connectivity index is 1.80. The zero-order valence-corrected chi connectivity index (χ0v) is 16.6. The Morgan fingerprint density at radius 2 is 1.81 bits per heavy atom. The molecule has 27 heavy (non-hydrogen) atoms. The van der Waals surface area contributed by atoms with E-state index in [2.05, 4.69) is 5.32 Å². The zero-order valence-electron chi connectivity index (χ0n) is 15.7. The summed E-state index contributed by atoms with van der Waals surface area (Å²) in [7, 11) is -0.623. The molecule has 0 bridgehead atoms. The number of aryl methyl sites for hydroxylation is 2. The Bertz CT molecular complexity index is 1110. The maximum Gasteiger partial charge on any atom is 0.242 e. The summed E-state index contributed by atoms with van der Waals surface area (Å²) in [5, 5.41) is 3.67. The van der Waals surface area contributed by atoms with Crippen molar-refractivity contribution in [3.8, 4) is 0 Å². The maximum atomic E-state index is 12.5. The highest BCUT2D eigenvalue weighted by atomic mass is 32.2. The molecule has 1 N–H and O–H groups in total. The number of furan rings is 1. The monoisotopic (exact) mass is 386 g/mol. The van der Waals surface area contributed by atoms with Crippen LogP contribution in [0.3, 0.4) is 0 Å². The molecule has 0 aliphatic heterocycles. The number of carbonyl (C=O) groups is 1. The highest BCUT2D eigenvalue weighted by molar-refractivity contribution is 7.89. The van der Waals surface area contributed by atoms with E-state index >= 15 is 0 Å². The molecule has 2 aromatic carbocycles. The minimum absolute atomic E-state index is 0.130. The number of nitrogens with one attached hydrogen (secondary N) is 1. The van der Waals surface area contributed by atoms with Crippen LogP contribution in [0.5, 0.6) is 0 Å². The van der Waals surface area contributed by atoms with Crippen LogP contribution >= 0.6 is 0 Å². The van der Waals surface area contributed by atoms with Gasteiger partial charge in [-0.2, -0.15) is 0 Å². The molecule has 0 aliphatic rings.